The van der Waals surface area contributed by atoms with Crippen molar-refractivity contribution in [3.05, 3.63) is 69.2 Å². The SMILES string of the molecule is C[C@@H](NC(=O)c1ccc(CNC(N)=O)cc1)c1ccc(Cl)c(Cl)c1. The number of halogens is 2. The van der Waals surface area contributed by atoms with E-state index in [9.17, 15) is 9.59 Å². The summed E-state index contributed by atoms with van der Waals surface area (Å²) in [7, 11) is 0. The Morgan fingerprint density at radius 3 is 2.33 bits per heavy atom. The molecule has 7 heteroatoms. The molecule has 0 bridgehead atoms. The molecule has 0 fully saturated rings. The number of primary amides is 1. The van der Waals surface area contributed by atoms with Gasteiger partial charge in [-0.2, -0.15) is 0 Å². The molecule has 3 amide bonds. The predicted octanol–water partition coefficient (Wildman–Crippen LogP) is 3.65. The maximum Gasteiger partial charge on any atom is 0.312 e. The van der Waals surface area contributed by atoms with Crippen molar-refractivity contribution < 1.29 is 9.59 Å². The normalized spacial score (nSPS) is 11.6. The first kappa shape index (κ1) is 18.1. The fourth-order valence-electron chi connectivity index (χ4n) is 2.11. The van der Waals surface area contributed by atoms with Gasteiger partial charge in [0.05, 0.1) is 16.1 Å². The molecule has 0 heterocycles. The highest BCUT2D eigenvalue weighted by molar-refractivity contribution is 6.42. The van der Waals surface area contributed by atoms with Crippen LogP contribution in [0.5, 0.6) is 0 Å². The van der Waals surface area contributed by atoms with Crippen LogP contribution in [-0.4, -0.2) is 11.9 Å². The highest BCUT2D eigenvalue weighted by Gasteiger charge is 2.12. The van der Waals surface area contributed by atoms with E-state index in [1.807, 2.05) is 13.0 Å². The van der Waals surface area contributed by atoms with Gasteiger partial charge in [0.15, 0.2) is 0 Å². The zero-order valence-electron chi connectivity index (χ0n) is 13.0. The molecule has 0 saturated heterocycles. The third-order valence-electron chi connectivity index (χ3n) is 3.47. The molecule has 0 aliphatic rings. The van der Waals surface area contributed by atoms with E-state index in [4.69, 9.17) is 28.9 Å². The zero-order chi connectivity index (χ0) is 17.7. The lowest BCUT2D eigenvalue weighted by atomic mass is 10.1. The number of rotatable bonds is 5. The molecule has 0 unspecified atom stereocenters. The van der Waals surface area contributed by atoms with E-state index in [0.717, 1.165) is 11.1 Å². The fraction of sp³-hybridized carbons (Fsp3) is 0.176. The highest BCUT2D eigenvalue weighted by Crippen LogP contribution is 2.25. The summed E-state index contributed by atoms with van der Waals surface area (Å²) in [5.41, 5.74) is 7.25. The van der Waals surface area contributed by atoms with Gasteiger partial charge in [-0.3, -0.25) is 4.79 Å². The van der Waals surface area contributed by atoms with Gasteiger partial charge in [-0.1, -0.05) is 41.4 Å². The monoisotopic (exact) mass is 365 g/mol. The summed E-state index contributed by atoms with van der Waals surface area (Å²) in [6.45, 7) is 2.18. The Balaban J connectivity index is 2.00. The minimum absolute atomic E-state index is 0.206. The van der Waals surface area contributed by atoms with Crippen molar-refractivity contribution in [3.8, 4) is 0 Å². The van der Waals surface area contributed by atoms with Crippen molar-refractivity contribution in [1.82, 2.24) is 10.6 Å². The molecule has 0 aromatic heterocycles. The molecule has 4 N–H and O–H groups in total. The lowest BCUT2D eigenvalue weighted by Gasteiger charge is -2.15. The number of hydrogen-bond donors (Lipinski definition) is 3. The first-order chi connectivity index (χ1) is 11.4. The van der Waals surface area contributed by atoms with Crippen LogP contribution in [-0.2, 0) is 6.54 Å². The molecule has 2 rings (SSSR count). The topological polar surface area (TPSA) is 84.2 Å². The molecule has 5 nitrogen and oxygen atoms in total. The van der Waals surface area contributed by atoms with Gasteiger partial charge in [-0.15, -0.1) is 0 Å². The second kappa shape index (κ2) is 8.04. The number of urea groups is 1. The quantitative estimate of drug-likeness (QED) is 0.755. The standard InChI is InChI=1S/C17H17Cl2N3O2/c1-10(13-6-7-14(18)15(19)8-13)22-16(23)12-4-2-11(3-5-12)9-21-17(20)24/h2-8,10H,9H2,1H3,(H,22,23)(H3,20,21,24)/t10-/m1/s1. The van der Waals surface area contributed by atoms with Crippen molar-refractivity contribution in [2.45, 2.75) is 19.5 Å². The van der Waals surface area contributed by atoms with Crippen LogP contribution < -0.4 is 16.4 Å². The first-order valence-corrected chi connectivity index (χ1v) is 8.00. The molecule has 0 spiro atoms. The summed E-state index contributed by atoms with van der Waals surface area (Å²) in [4.78, 5) is 23.0. The molecule has 0 radical (unpaired) electrons. The van der Waals surface area contributed by atoms with Crippen LogP contribution in [0.3, 0.4) is 0 Å². The summed E-state index contributed by atoms with van der Waals surface area (Å²) < 4.78 is 0. The van der Waals surface area contributed by atoms with Crippen LogP contribution in [0.2, 0.25) is 10.0 Å². The van der Waals surface area contributed by atoms with Gasteiger partial charge in [0.25, 0.3) is 5.91 Å². The third kappa shape index (κ3) is 4.88. The molecule has 2 aromatic carbocycles. The first-order valence-electron chi connectivity index (χ1n) is 7.25. The summed E-state index contributed by atoms with van der Waals surface area (Å²) >= 11 is 11.9. The minimum Gasteiger partial charge on any atom is -0.352 e. The van der Waals surface area contributed by atoms with Gasteiger partial charge in [-0.05, 0) is 42.3 Å². The van der Waals surface area contributed by atoms with E-state index in [2.05, 4.69) is 10.6 Å². The molecule has 1 atom stereocenters. The Bertz CT molecular complexity index is 748. The summed E-state index contributed by atoms with van der Waals surface area (Å²) in [6, 6.07) is 11.3. The van der Waals surface area contributed by atoms with Crippen LogP contribution in [0, 0.1) is 0 Å². The second-order valence-corrected chi connectivity index (χ2v) is 6.10. The van der Waals surface area contributed by atoms with E-state index in [1.165, 1.54) is 0 Å². The van der Waals surface area contributed by atoms with Gasteiger partial charge in [0.1, 0.15) is 0 Å². The Labute approximate surface area is 150 Å². The lowest BCUT2D eigenvalue weighted by Crippen LogP contribution is -2.28. The Morgan fingerprint density at radius 2 is 1.75 bits per heavy atom. The lowest BCUT2D eigenvalue weighted by molar-refractivity contribution is 0.0940. The molecule has 126 valence electrons. The van der Waals surface area contributed by atoms with Crippen molar-refractivity contribution in [2.24, 2.45) is 5.73 Å². The van der Waals surface area contributed by atoms with Gasteiger partial charge in [0, 0.05) is 12.1 Å². The van der Waals surface area contributed by atoms with Gasteiger partial charge < -0.3 is 16.4 Å². The van der Waals surface area contributed by atoms with Crippen LogP contribution in [0.4, 0.5) is 4.79 Å². The number of nitrogens with one attached hydrogen (secondary N) is 2. The van der Waals surface area contributed by atoms with Crippen molar-refractivity contribution in [1.29, 1.82) is 0 Å². The smallest absolute Gasteiger partial charge is 0.312 e. The van der Waals surface area contributed by atoms with Crippen LogP contribution in [0.15, 0.2) is 42.5 Å². The fourth-order valence-corrected chi connectivity index (χ4v) is 2.41. The van der Waals surface area contributed by atoms with Gasteiger partial charge >= 0.3 is 6.03 Å². The molecule has 0 aliphatic carbocycles. The van der Waals surface area contributed by atoms with Crippen molar-refractivity contribution >= 4 is 35.1 Å². The number of benzene rings is 2. The Kier molecular flexibility index (Phi) is 6.06. The molecular formula is C17H17Cl2N3O2. The largest absolute Gasteiger partial charge is 0.352 e. The van der Waals surface area contributed by atoms with Crippen LogP contribution in [0.1, 0.15) is 34.5 Å². The Morgan fingerprint density at radius 1 is 1.08 bits per heavy atom. The molecule has 0 saturated carbocycles. The second-order valence-electron chi connectivity index (χ2n) is 5.28. The molecule has 2 aromatic rings. The third-order valence-corrected chi connectivity index (χ3v) is 4.21. The van der Waals surface area contributed by atoms with Crippen LogP contribution in [0.25, 0.3) is 0 Å². The average molecular weight is 366 g/mol. The zero-order valence-corrected chi connectivity index (χ0v) is 14.5. The van der Waals surface area contributed by atoms with E-state index < -0.39 is 6.03 Å². The number of hydrogen-bond acceptors (Lipinski definition) is 2. The van der Waals surface area contributed by atoms with E-state index in [0.29, 0.717) is 22.2 Å². The van der Waals surface area contributed by atoms with Crippen LogP contribution >= 0.6 is 23.2 Å². The predicted molar refractivity (Wildman–Crippen MR) is 95.2 cm³/mol. The molecular weight excluding hydrogens is 349 g/mol. The summed E-state index contributed by atoms with van der Waals surface area (Å²) in [5.74, 6) is -0.206. The van der Waals surface area contributed by atoms with E-state index >= 15 is 0 Å². The maximum absolute atomic E-state index is 12.3. The average Bonchev–Trinajstić information content (AvgIpc) is 2.55. The van der Waals surface area contributed by atoms with Crippen molar-refractivity contribution in [3.63, 3.8) is 0 Å². The number of amides is 3. The molecule has 24 heavy (non-hydrogen) atoms. The van der Waals surface area contributed by atoms with E-state index in [-0.39, 0.29) is 11.9 Å². The number of carbonyl (C=O) groups is 2. The maximum atomic E-state index is 12.3. The van der Waals surface area contributed by atoms with Gasteiger partial charge in [0.2, 0.25) is 0 Å². The highest BCUT2D eigenvalue weighted by atomic mass is 35.5. The van der Waals surface area contributed by atoms with Gasteiger partial charge in [-0.25, -0.2) is 4.79 Å². The number of carbonyl (C=O) groups excluding carboxylic acids is 2. The summed E-state index contributed by atoms with van der Waals surface area (Å²) in [5, 5.41) is 6.30. The van der Waals surface area contributed by atoms with Crippen molar-refractivity contribution in [2.75, 3.05) is 0 Å². The van der Waals surface area contributed by atoms with E-state index in [1.54, 1.807) is 36.4 Å². The summed E-state index contributed by atoms with van der Waals surface area (Å²) in [6.07, 6.45) is 0. The minimum atomic E-state index is -0.590. The molecule has 0 aliphatic heterocycles. The number of nitrogens with two attached hydrogens (primary N) is 1. The Hall–Kier alpha value is -2.24.